The SMILES string of the molecule is O=C(Cn1cc(NC(=O)C(F)(F)F)cn1)NC1CC1. The predicted molar refractivity (Wildman–Crippen MR) is 58.1 cm³/mol. The molecule has 2 N–H and O–H groups in total. The molecule has 19 heavy (non-hydrogen) atoms. The Balaban J connectivity index is 1.87. The molecular formula is C10H11F3N4O2. The Hall–Kier alpha value is -2.06. The van der Waals surface area contributed by atoms with Gasteiger partial charge in [-0.3, -0.25) is 14.3 Å². The minimum Gasteiger partial charge on any atom is -0.352 e. The second kappa shape index (κ2) is 4.90. The number of nitrogens with one attached hydrogen (secondary N) is 2. The first-order valence-electron chi connectivity index (χ1n) is 5.54. The largest absolute Gasteiger partial charge is 0.471 e. The van der Waals surface area contributed by atoms with E-state index in [-0.39, 0.29) is 24.2 Å². The van der Waals surface area contributed by atoms with Gasteiger partial charge in [0.05, 0.1) is 11.9 Å². The highest BCUT2D eigenvalue weighted by molar-refractivity contribution is 5.94. The van der Waals surface area contributed by atoms with Gasteiger partial charge in [0.2, 0.25) is 5.91 Å². The van der Waals surface area contributed by atoms with Crippen molar-refractivity contribution in [1.29, 1.82) is 0 Å². The van der Waals surface area contributed by atoms with Crippen LogP contribution in [0.5, 0.6) is 0 Å². The van der Waals surface area contributed by atoms with Crippen LogP contribution >= 0.6 is 0 Å². The quantitative estimate of drug-likeness (QED) is 0.848. The van der Waals surface area contributed by atoms with Gasteiger partial charge in [0.1, 0.15) is 6.54 Å². The topological polar surface area (TPSA) is 76.0 Å². The highest BCUT2D eigenvalue weighted by Crippen LogP contribution is 2.19. The van der Waals surface area contributed by atoms with Gasteiger partial charge in [-0.25, -0.2) is 0 Å². The highest BCUT2D eigenvalue weighted by Gasteiger charge is 2.38. The lowest BCUT2D eigenvalue weighted by Gasteiger charge is -2.05. The van der Waals surface area contributed by atoms with Gasteiger partial charge < -0.3 is 10.6 Å². The van der Waals surface area contributed by atoms with Crippen LogP contribution in [0, 0.1) is 0 Å². The fourth-order valence-electron chi connectivity index (χ4n) is 1.36. The summed E-state index contributed by atoms with van der Waals surface area (Å²) in [7, 11) is 0. The van der Waals surface area contributed by atoms with E-state index in [0.29, 0.717) is 0 Å². The summed E-state index contributed by atoms with van der Waals surface area (Å²) in [6.45, 7) is -0.0988. The normalized spacial score (nSPS) is 15.1. The zero-order chi connectivity index (χ0) is 14.0. The first-order valence-corrected chi connectivity index (χ1v) is 5.54. The van der Waals surface area contributed by atoms with E-state index in [0.717, 1.165) is 29.9 Å². The molecule has 0 bridgehead atoms. The number of anilines is 1. The van der Waals surface area contributed by atoms with Crippen LogP contribution in [0.1, 0.15) is 12.8 Å². The number of nitrogens with zero attached hydrogens (tertiary/aromatic N) is 2. The molecule has 2 rings (SSSR count). The van der Waals surface area contributed by atoms with Gasteiger partial charge >= 0.3 is 12.1 Å². The third-order valence-corrected chi connectivity index (χ3v) is 2.40. The zero-order valence-corrected chi connectivity index (χ0v) is 9.70. The summed E-state index contributed by atoms with van der Waals surface area (Å²) in [5.41, 5.74) is -0.110. The van der Waals surface area contributed by atoms with E-state index >= 15 is 0 Å². The Kier molecular flexibility index (Phi) is 3.45. The van der Waals surface area contributed by atoms with E-state index in [1.165, 1.54) is 0 Å². The van der Waals surface area contributed by atoms with Crippen molar-refractivity contribution in [3.8, 4) is 0 Å². The zero-order valence-electron chi connectivity index (χ0n) is 9.70. The lowest BCUT2D eigenvalue weighted by molar-refractivity contribution is -0.167. The summed E-state index contributed by atoms with van der Waals surface area (Å²) < 4.78 is 37.2. The van der Waals surface area contributed by atoms with Crippen molar-refractivity contribution in [2.75, 3.05) is 5.32 Å². The molecule has 0 spiro atoms. The number of carbonyl (C=O) groups excluding carboxylic acids is 2. The number of amides is 2. The second-order valence-electron chi connectivity index (χ2n) is 4.22. The molecule has 6 nitrogen and oxygen atoms in total. The number of hydrogen-bond acceptors (Lipinski definition) is 3. The van der Waals surface area contributed by atoms with Gasteiger partial charge in [-0.15, -0.1) is 0 Å². The minimum atomic E-state index is -4.95. The number of carbonyl (C=O) groups is 2. The van der Waals surface area contributed by atoms with Crippen molar-refractivity contribution < 1.29 is 22.8 Å². The highest BCUT2D eigenvalue weighted by atomic mass is 19.4. The summed E-state index contributed by atoms with van der Waals surface area (Å²) in [5.74, 6) is -2.34. The Morgan fingerprint density at radius 1 is 1.42 bits per heavy atom. The van der Waals surface area contributed by atoms with Gasteiger partial charge in [-0.2, -0.15) is 18.3 Å². The van der Waals surface area contributed by atoms with Crippen molar-refractivity contribution in [2.24, 2.45) is 0 Å². The van der Waals surface area contributed by atoms with Gasteiger partial charge in [-0.05, 0) is 12.8 Å². The van der Waals surface area contributed by atoms with Crippen molar-refractivity contribution in [1.82, 2.24) is 15.1 Å². The molecule has 0 aromatic carbocycles. The standard InChI is InChI=1S/C10H11F3N4O2/c11-10(12,13)9(19)16-7-3-14-17(4-7)5-8(18)15-6-1-2-6/h3-4,6H,1-2,5H2,(H,15,18)(H,16,19). The van der Waals surface area contributed by atoms with Crippen LogP contribution in [0.2, 0.25) is 0 Å². The first kappa shape index (κ1) is 13.4. The fourth-order valence-corrected chi connectivity index (χ4v) is 1.36. The predicted octanol–water partition coefficient (Wildman–Crippen LogP) is 0.662. The molecule has 1 aromatic rings. The number of hydrogen-bond donors (Lipinski definition) is 2. The molecule has 0 unspecified atom stereocenters. The third kappa shape index (κ3) is 3.97. The van der Waals surface area contributed by atoms with E-state index in [4.69, 9.17) is 0 Å². The molecule has 0 radical (unpaired) electrons. The molecule has 1 heterocycles. The Labute approximate surface area is 106 Å². The molecule has 1 aliphatic carbocycles. The summed E-state index contributed by atoms with van der Waals surface area (Å²) in [5, 5.41) is 8.05. The maximum absolute atomic E-state index is 12.0. The van der Waals surface area contributed by atoms with Crippen LogP contribution in [0.4, 0.5) is 18.9 Å². The maximum Gasteiger partial charge on any atom is 0.471 e. The summed E-state index contributed by atoms with van der Waals surface area (Å²) in [6, 6.07) is 0.201. The van der Waals surface area contributed by atoms with E-state index in [9.17, 15) is 22.8 Å². The summed E-state index contributed by atoms with van der Waals surface area (Å²) in [4.78, 5) is 22.1. The van der Waals surface area contributed by atoms with Crippen LogP contribution in [0.25, 0.3) is 0 Å². The molecule has 1 aliphatic rings. The summed E-state index contributed by atoms with van der Waals surface area (Å²) >= 11 is 0. The molecule has 0 saturated heterocycles. The molecule has 9 heteroatoms. The smallest absolute Gasteiger partial charge is 0.352 e. The number of alkyl halides is 3. The molecule has 0 atom stereocenters. The van der Waals surface area contributed by atoms with Gasteiger partial charge in [0, 0.05) is 12.2 Å². The molecule has 1 aromatic heterocycles. The third-order valence-electron chi connectivity index (χ3n) is 2.40. The lowest BCUT2D eigenvalue weighted by atomic mass is 10.5. The molecule has 1 saturated carbocycles. The first-order chi connectivity index (χ1) is 8.84. The van der Waals surface area contributed by atoms with E-state index in [1.54, 1.807) is 5.32 Å². The monoisotopic (exact) mass is 276 g/mol. The van der Waals surface area contributed by atoms with Crippen LogP contribution in [0.15, 0.2) is 12.4 Å². The minimum absolute atomic E-state index is 0.0988. The van der Waals surface area contributed by atoms with E-state index in [1.807, 2.05) is 0 Å². The number of rotatable bonds is 4. The van der Waals surface area contributed by atoms with Gasteiger partial charge in [-0.1, -0.05) is 0 Å². The fraction of sp³-hybridized carbons (Fsp3) is 0.500. The van der Waals surface area contributed by atoms with Gasteiger partial charge in [0.25, 0.3) is 0 Å². The lowest BCUT2D eigenvalue weighted by Crippen LogP contribution is -2.30. The molecule has 1 fully saturated rings. The van der Waals surface area contributed by atoms with Crippen molar-refractivity contribution in [3.63, 3.8) is 0 Å². The van der Waals surface area contributed by atoms with Crippen LogP contribution < -0.4 is 10.6 Å². The average Bonchev–Trinajstić information content (AvgIpc) is 2.98. The average molecular weight is 276 g/mol. The second-order valence-corrected chi connectivity index (χ2v) is 4.22. The van der Waals surface area contributed by atoms with Crippen molar-refractivity contribution in [2.45, 2.75) is 31.6 Å². The summed E-state index contributed by atoms with van der Waals surface area (Å²) in [6.07, 6.45) is -0.856. The van der Waals surface area contributed by atoms with Gasteiger partial charge in [0.15, 0.2) is 0 Å². The van der Waals surface area contributed by atoms with Crippen molar-refractivity contribution in [3.05, 3.63) is 12.4 Å². The number of aromatic nitrogens is 2. The number of halogens is 3. The molecular weight excluding hydrogens is 265 g/mol. The Morgan fingerprint density at radius 2 is 2.11 bits per heavy atom. The van der Waals surface area contributed by atoms with Crippen molar-refractivity contribution >= 4 is 17.5 Å². The van der Waals surface area contributed by atoms with E-state index < -0.39 is 12.1 Å². The Morgan fingerprint density at radius 3 is 2.68 bits per heavy atom. The molecule has 0 aliphatic heterocycles. The van der Waals surface area contributed by atoms with Crippen LogP contribution in [-0.4, -0.2) is 33.8 Å². The van der Waals surface area contributed by atoms with E-state index in [2.05, 4.69) is 10.4 Å². The molecule has 104 valence electrons. The van der Waals surface area contributed by atoms with Crippen LogP contribution in [0.3, 0.4) is 0 Å². The van der Waals surface area contributed by atoms with Crippen LogP contribution in [-0.2, 0) is 16.1 Å². The maximum atomic E-state index is 12.0. The Bertz CT molecular complexity index is 493. The molecule has 2 amide bonds.